The molecule has 0 saturated heterocycles. The van der Waals surface area contributed by atoms with E-state index in [4.69, 9.17) is 9.84 Å². The molecule has 92 valence electrons. The first-order valence-electron chi connectivity index (χ1n) is 5.22. The van der Waals surface area contributed by atoms with E-state index >= 15 is 0 Å². The molecule has 0 radical (unpaired) electrons. The second-order valence-corrected chi connectivity index (χ2v) is 3.54. The van der Waals surface area contributed by atoms with Gasteiger partial charge < -0.3 is 9.84 Å². The number of nitrogens with zero attached hydrogens (tertiary/aromatic N) is 1. The van der Waals surface area contributed by atoms with E-state index in [0.717, 1.165) is 0 Å². The summed E-state index contributed by atoms with van der Waals surface area (Å²) in [6, 6.07) is 9.42. The highest BCUT2D eigenvalue weighted by atomic mass is 19.1. The van der Waals surface area contributed by atoms with Gasteiger partial charge in [0, 0.05) is 5.56 Å². The monoisotopic (exact) mass is 247 g/mol. The fraction of sp³-hybridized carbons (Fsp3) is 0.0769. The molecule has 1 aromatic carbocycles. The summed E-state index contributed by atoms with van der Waals surface area (Å²) in [7, 11) is 0. The summed E-state index contributed by atoms with van der Waals surface area (Å²) in [5, 5.41) is 8.45. The lowest BCUT2D eigenvalue weighted by Gasteiger charge is -2.05. The first-order valence-corrected chi connectivity index (χ1v) is 5.22. The van der Waals surface area contributed by atoms with Crippen LogP contribution < -0.4 is 4.74 Å². The van der Waals surface area contributed by atoms with Crippen LogP contribution in [-0.2, 0) is 4.79 Å². The molecule has 5 heteroatoms. The van der Waals surface area contributed by atoms with Crippen LogP contribution >= 0.6 is 0 Å². The third-order valence-corrected chi connectivity index (χ3v) is 2.25. The summed E-state index contributed by atoms with van der Waals surface area (Å²) in [5.74, 6) is -1.09. The zero-order chi connectivity index (χ0) is 13.0. The first kappa shape index (κ1) is 12.0. The largest absolute Gasteiger partial charge is 0.480 e. The van der Waals surface area contributed by atoms with Crippen LogP contribution in [0, 0.1) is 5.82 Å². The Labute approximate surface area is 103 Å². The molecular formula is C13H10FNO3. The molecule has 1 N–H and O–H groups in total. The van der Waals surface area contributed by atoms with Crippen molar-refractivity contribution in [2.24, 2.45) is 0 Å². The molecular weight excluding hydrogens is 237 g/mol. The predicted molar refractivity (Wildman–Crippen MR) is 62.8 cm³/mol. The lowest BCUT2D eigenvalue weighted by atomic mass is 10.1. The number of pyridine rings is 1. The Morgan fingerprint density at radius 2 is 2.06 bits per heavy atom. The summed E-state index contributed by atoms with van der Waals surface area (Å²) in [5.41, 5.74) is 0.859. The first-order chi connectivity index (χ1) is 8.66. The Balaban J connectivity index is 2.17. The molecule has 0 spiro atoms. The average molecular weight is 247 g/mol. The molecule has 0 fully saturated rings. The molecule has 0 saturated carbocycles. The number of carboxylic acid groups (broad SMARTS) is 1. The fourth-order valence-corrected chi connectivity index (χ4v) is 1.44. The van der Waals surface area contributed by atoms with Gasteiger partial charge >= 0.3 is 5.97 Å². The van der Waals surface area contributed by atoms with Crippen LogP contribution in [-0.4, -0.2) is 22.7 Å². The molecule has 2 rings (SSSR count). The third kappa shape index (κ3) is 2.82. The fourth-order valence-electron chi connectivity index (χ4n) is 1.44. The topological polar surface area (TPSA) is 59.4 Å². The van der Waals surface area contributed by atoms with Gasteiger partial charge in [0.15, 0.2) is 6.61 Å². The van der Waals surface area contributed by atoms with Crippen LogP contribution in [0.2, 0.25) is 0 Å². The molecule has 0 aliphatic heterocycles. The van der Waals surface area contributed by atoms with E-state index in [2.05, 4.69) is 4.98 Å². The highest BCUT2D eigenvalue weighted by molar-refractivity contribution is 5.68. The van der Waals surface area contributed by atoms with Crippen molar-refractivity contribution in [2.75, 3.05) is 6.61 Å². The quantitative estimate of drug-likeness (QED) is 0.900. The van der Waals surface area contributed by atoms with E-state index < -0.39 is 12.6 Å². The van der Waals surface area contributed by atoms with E-state index in [1.165, 1.54) is 12.3 Å². The highest BCUT2D eigenvalue weighted by Gasteiger charge is 2.06. The van der Waals surface area contributed by atoms with Crippen molar-refractivity contribution < 1.29 is 19.0 Å². The van der Waals surface area contributed by atoms with Gasteiger partial charge in [-0.15, -0.1) is 0 Å². The summed E-state index contributed by atoms with van der Waals surface area (Å²) >= 11 is 0. The third-order valence-electron chi connectivity index (χ3n) is 2.25. The molecule has 4 nitrogen and oxygen atoms in total. The molecule has 0 amide bonds. The molecule has 0 bridgehead atoms. The van der Waals surface area contributed by atoms with E-state index in [0.29, 0.717) is 17.0 Å². The maximum atomic E-state index is 13.5. The minimum atomic E-state index is -1.06. The Hall–Kier alpha value is -2.43. The summed E-state index contributed by atoms with van der Waals surface area (Å²) < 4.78 is 18.4. The minimum Gasteiger partial charge on any atom is -0.480 e. The number of carbonyl (C=O) groups is 1. The molecule has 0 unspecified atom stereocenters. The average Bonchev–Trinajstić information content (AvgIpc) is 2.38. The van der Waals surface area contributed by atoms with Gasteiger partial charge in [-0.05, 0) is 24.3 Å². The van der Waals surface area contributed by atoms with Crippen molar-refractivity contribution in [3.8, 4) is 17.0 Å². The van der Waals surface area contributed by atoms with E-state index in [9.17, 15) is 9.18 Å². The number of aromatic nitrogens is 1. The van der Waals surface area contributed by atoms with Crippen molar-refractivity contribution in [3.63, 3.8) is 0 Å². The van der Waals surface area contributed by atoms with Gasteiger partial charge in [-0.1, -0.05) is 12.1 Å². The molecule has 0 aliphatic carbocycles. The number of benzene rings is 1. The molecule has 0 aliphatic rings. The molecule has 0 atom stereocenters. The van der Waals surface area contributed by atoms with Crippen molar-refractivity contribution in [1.29, 1.82) is 0 Å². The predicted octanol–water partition coefficient (Wildman–Crippen LogP) is 2.35. The lowest BCUT2D eigenvalue weighted by molar-refractivity contribution is -0.139. The summed E-state index contributed by atoms with van der Waals surface area (Å²) in [4.78, 5) is 14.3. The molecule has 2 aromatic rings. The van der Waals surface area contributed by atoms with E-state index in [-0.39, 0.29) is 5.82 Å². The zero-order valence-corrected chi connectivity index (χ0v) is 9.34. The number of carboxylic acids is 1. The SMILES string of the molecule is O=C(O)COc1ccc(-c2ccccc2F)nc1. The van der Waals surface area contributed by atoms with E-state index in [1.807, 2.05) is 0 Å². The number of halogens is 1. The number of aliphatic carboxylic acids is 1. The second-order valence-electron chi connectivity index (χ2n) is 3.54. The lowest BCUT2D eigenvalue weighted by Crippen LogP contribution is -2.09. The van der Waals surface area contributed by atoms with Gasteiger partial charge in [0.05, 0.1) is 11.9 Å². The summed E-state index contributed by atoms with van der Waals surface area (Å²) in [6.45, 7) is -0.430. The summed E-state index contributed by atoms with van der Waals surface area (Å²) in [6.07, 6.45) is 1.37. The van der Waals surface area contributed by atoms with Crippen LogP contribution in [0.15, 0.2) is 42.6 Å². The van der Waals surface area contributed by atoms with Gasteiger partial charge in [-0.25, -0.2) is 9.18 Å². The van der Waals surface area contributed by atoms with Gasteiger partial charge in [-0.2, -0.15) is 0 Å². The number of hydrogen-bond donors (Lipinski definition) is 1. The van der Waals surface area contributed by atoms with Gasteiger partial charge in [0.2, 0.25) is 0 Å². The van der Waals surface area contributed by atoms with Crippen molar-refractivity contribution in [3.05, 3.63) is 48.4 Å². The number of hydrogen-bond acceptors (Lipinski definition) is 3. The van der Waals surface area contributed by atoms with Crippen molar-refractivity contribution >= 4 is 5.97 Å². The van der Waals surface area contributed by atoms with Gasteiger partial charge in [-0.3, -0.25) is 4.98 Å². The molecule has 1 aromatic heterocycles. The molecule has 1 heterocycles. The smallest absolute Gasteiger partial charge is 0.341 e. The van der Waals surface area contributed by atoms with Crippen LogP contribution in [0.4, 0.5) is 4.39 Å². The van der Waals surface area contributed by atoms with Gasteiger partial charge in [0.1, 0.15) is 11.6 Å². The maximum Gasteiger partial charge on any atom is 0.341 e. The Kier molecular flexibility index (Phi) is 3.52. The van der Waals surface area contributed by atoms with Crippen molar-refractivity contribution in [2.45, 2.75) is 0 Å². The zero-order valence-electron chi connectivity index (χ0n) is 9.34. The van der Waals surface area contributed by atoms with E-state index in [1.54, 1.807) is 30.3 Å². The Morgan fingerprint density at radius 3 is 2.67 bits per heavy atom. The molecule has 18 heavy (non-hydrogen) atoms. The van der Waals surface area contributed by atoms with Crippen LogP contribution in [0.3, 0.4) is 0 Å². The van der Waals surface area contributed by atoms with Crippen LogP contribution in [0.5, 0.6) is 5.75 Å². The Morgan fingerprint density at radius 1 is 1.28 bits per heavy atom. The standard InChI is InChI=1S/C13H10FNO3/c14-11-4-2-1-3-10(11)12-6-5-9(7-15-12)18-8-13(16)17/h1-7H,8H2,(H,16,17). The maximum absolute atomic E-state index is 13.5. The van der Waals surface area contributed by atoms with Crippen LogP contribution in [0.1, 0.15) is 0 Å². The van der Waals surface area contributed by atoms with Crippen molar-refractivity contribution in [1.82, 2.24) is 4.98 Å². The highest BCUT2D eigenvalue weighted by Crippen LogP contribution is 2.21. The normalized spacial score (nSPS) is 10.1. The van der Waals surface area contributed by atoms with Crippen LogP contribution in [0.25, 0.3) is 11.3 Å². The number of ether oxygens (including phenoxy) is 1. The van der Waals surface area contributed by atoms with Gasteiger partial charge in [0.25, 0.3) is 0 Å². The number of rotatable bonds is 4. The minimum absolute atomic E-state index is 0.331. The Bertz CT molecular complexity index is 554. The second kappa shape index (κ2) is 5.27.